The van der Waals surface area contributed by atoms with Gasteiger partial charge in [0.15, 0.2) is 5.96 Å². The van der Waals surface area contributed by atoms with Crippen molar-refractivity contribution in [1.29, 1.82) is 0 Å². The van der Waals surface area contributed by atoms with E-state index in [1.807, 2.05) is 32.0 Å². The van der Waals surface area contributed by atoms with Gasteiger partial charge in [-0.3, -0.25) is 0 Å². The summed E-state index contributed by atoms with van der Waals surface area (Å²) in [6.07, 6.45) is 0. The molecule has 0 fully saturated rings. The lowest BCUT2D eigenvalue weighted by Crippen LogP contribution is -2.36. The van der Waals surface area contributed by atoms with Crippen LogP contribution in [0.5, 0.6) is 0 Å². The Morgan fingerprint density at radius 1 is 1.39 bits per heavy atom. The molecule has 3 nitrogen and oxygen atoms in total. The Hall–Kier alpha value is -0.850. The zero-order valence-electron chi connectivity index (χ0n) is 11.3. The van der Waals surface area contributed by atoms with Crippen molar-refractivity contribution in [3.05, 3.63) is 35.1 Å². The molecule has 0 saturated carbocycles. The van der Waals surface area contributed by atoms with E-state index in [1.165, 1.54) is 6.07 Å². The molecule has 1 aromatic rings. The third-order valence-electron chi connectivity index (χ3n) is 2.39. The van der Waals surface area contributed by atoms with Gasteiger partial charge in [-0.25, -0.2) is 9.38 Å². The van der Waals surface area contributed by atoms with E-state index in [2.05, 4.69) is 10.3 Å². The van der Waals surface area contributed by atoms with Gasteiger partial charge in [0.05, 0.1) is 6.54 Å². The topological polar surface area (TPSA) is 27.6 Å². The normalized spacial score (nSPS) is 10.8. The largest absolute Gasteiger partial charge is 0.357 e. The van der Waals surface area contributed by atoms with Crippen LogP contribution >= 0.6 is 24.0 Å². The molecule has 102 valence electrons. The van der Waals surface area contributed by atoms with E-state index in [9.17, 15) is 4.39 Å². The van der Waals surface area contributed by atoms with Gasteiger partial charge in [0, 0.05) is 20.6 Å². The van der Waals surface area contributed by atoms with Crippen LogP contribution in [0.25, 0.3) is 0 Å². The minimum absolute atomic E-state index is 0. The quantitative estimate of drug-likeness (QED) is 0.507. The molecule has 0 aliphatic heterocycles. The van der Waals surface area contributed by atoms with Crippen LogP contribution in [-0.2, 0) is 6.54 Å². The number of halogens is 2. The molecule has 0 aliphatic carbocycles. The first kappa shape index (κ1) is 17.2. The summed E-state index contributed by atoms with van der Waals surface area (Å²) >= 11 is 0. The van der Waals surface area contributed by atoms with E-state index >= 15 is 0 Å². The second kappa shape index (κ2) is 8.29. The summed E-state index contributed by atoms with van der Waals surface area (Å²) in [4.78, 5) is 6.39. The Kier molecular flexibility index (Phi) is 7.90. The van der Waals surface area contributed by atoms with Gasteiger partial charge >= 0.3 is 0 Å². The first-order valence-corrected chi connectivity index (χ1v) is 5.75. The van der Waals surface area contributed by atoms with Gasteiger partial charge in [-0.05, 0) is 31.0 Å². The van der Waals surface area contributed by atoms with Crippen LogP contribution in [0.4, 0.5) is 4.39 Å². The van der Waals surface area contributed by atoms with Crippen molar-refractivity contribution in [3.63, 3.8) is 0 Å². The van der Waals surface area contributed by atoms with Crippen LogP contribution < -0.4 is 5.32 Å². The summed E-state index contributed by atoms with van der Waals surface area (Å²) in [7, 11) is 3.88. The summed E-state index contributed by atoms with van der Waals surface area (Å²) in [5.74, 6) is 0.673. The Labute approximate surface area is 126 Å². The lowest BCUT2D eigenvalue weighted by atomic mass is 10.1. The molecule has 0 amide bonds. The molecule has 0 aromatic heterocycles. The number of aryl methyl sites for hydroxylation is 1. The van der Waals surface area contributed by atoms with E-state index in [0.717, 1.165) is 18.1 Å². The van der Waals surface area contributed by atoms with Gasteiger partial charge in [-0.1, -0.05) is 12.1 Å². The number of benzene rings is 1. The summed E-state index contributed by atoms with van der Waals surface area (Å²) in [5.41, 5.74) is 1.67. The van der Waals surface area contributed by atoms with Gasteiger partial charge in [-0.2, -0.15) is 0 Å². The van der Waals surface area contributed by atoms with E-state index in [-0.39, 0.29) is 29.8 Å². The average molecular weight is 365 g/mol. The second-order valence-electron chi connectivity index (χ2n) is 4.15. The molecular weight excluding hydrogens is 344 g/mol. The fourth-order valence-electron chi connectivity index (χ4n) is 1.48. The highest BCUT2D eigenvalue weighted by atomic mass is 127. The van der Waals surface area contributed by atoms with Crippen LogP contribution in [0.15, 0.2) is 23.2 Å². The Morgan fingerprint density at radius 2 is 2.06 bits per heavy atom. The molecule has 0 bridgehead atoms. The molecular formula is C13H21FIN3. The molecule has 5 heteroatoms. The number of rotatable bonds is 3. The Balaban J connectivity index is 0.00000289. The minimum Gasteiger partial charge on any atom is -0.357 e. The van der Waals surface area contributed by atoms with E-state index in [0.29, 0.717) is 12.1 Å². The highest BCUT2D eigenvalue weighted by Crippen LogP contribution is 2.10. The summed E-state index contributed by atoms with van der Waals surface area (Å²) in [5, 5.41) is 3.18. The maximum Gasteiger partial charge on any atom is 0.193 e. The van der Waals surface area contributed by atoms with Gasteiger partial charge in [0.2, 0.25) is 0 Å². The van der Waals surface area contributed by atoms with Crippen LogP contribution in [0.1, 0.15) is 18.1 Å². The fourth-order valence-corrected chi connectivity index (χ4v) is 1.48. The van der Waals surface area contributed by atoms with Gasteiger partial charge in [-0.15, -0.1) is 24.0 Å². The highest BCUT2D eigenvalue weighted by molar-refractivity contribution is 14.0. The summed E-state index contributed by atoms with van der Waals surface area (Å²) < 4.78 is 13.1. The first-order valence-electron chi connectivity index (χ1n) is 5.75. The van der Waals surface area contributed by atoms with Crippen LogP contribution in [0.3, 0.4) is 0 Å². The van der Waals surface area contributed by atoms with E-state index in [4.69, 9.17) is 0 Å². The van der Waals surface area contributed by atoms with Gasteiger partial charge < -0.3 is 10.2 Å². The molecule has 1 N–H and O–H groups in total. The van der Waals surface area contributed by atoms with Crippen molar-refractivity contribution in [2.24, 2.45) is 4.99 Å². The van der Waals surface area contributed by atoms with E-state index < -0.39 is 0 Å². The predicted molar refractivity (Wildman–Crippen MR) is 85.1 cm³/mol. The second-order valence-corrected chi connectivity index (χ2v) is 4.15. The van der Waals surface area contributed by atoms with Crippen molar-refractivity contribution < 1.29 is 4.39 Å². The molecule has 0 radical (unpaired) electrons. The maximum atomic E-state index is 13.1. The van der Waals surface area contributed by atoms with Crippen LogP contribution in [-0.4, -0.2) is 31.5 Å². The molecule has 0 atom stereocenters. The minimum atomic E-state index is -0.169. The molecule has 0 aliphatic rings. The van der Waals surface area contributed by atoms with Crippen LogP contribution in [0.2, 0.25) is 0 Å². The zero-order chi connectivity index (χ0) is 12.8. The van der Waals surface area contributed by atoms with Crippen LogP contribution in [0, 0.1) is 12.7 Å². The number of nitrogens with zero attached hydrogens (tertiary/aromatic N) is 2. The molecule has 0 saturated heterocycles. The number of hydrogen-bond acceptors (Lipinski definition) is 1. The number of nitrogens with one attached hydrogen (secondary N) is 1. The Bertz CT molecular complexity index is 405. The monoisotopic (exact) mass is 365 g/mol. The molecule has 18 heavy (non-hydrogen) atoms. The summed E-state index contributed by atoms with van der Waals surface area (Å²) in [6, 6.07) is 5.09. The Morgan fingerprint density at radius 3 is 2.56 bits per heavy atom. The third-order valence-corrected chi connectivity index (χ3v) is 2.39. The zero-order valence-corrected chi connectivity index (χ0v) is 13.7. The van der Waals surface area contributed by atoms with Gasteiger partial charge in [0.1, 0.15) is 5.82 Å². The first-order chi connectivity index (χ1) is 8.04. The van der Waals surface area contributed by atoms with Crippen molar-refractivity contribution in [3.8, 4) is 0 Å². The van der Waals surface area contributed by atoms with E-state index in [1.54, 1.807) is 13.0 Å². The van der Waals surface area contributed by atoms with Crippen molar-refractivity contribution >= 4 is 29.9 Å². The molecule has 1 aromatic carbocycles. The van der Waals surface area contributed by atoms with Crippen molar-refractivity contribution in [2.45, 2.75) is 20.4 Å². The third kappa shape index (κ3) is 5.20. The van der Waals surface area contributed by atoms with Gasteiger partial charge in [0.25, 0.3) is 0 Å². The SMILES string of the molecule is CCNC(=NCc1ccc(F)c(C)c1)N(C)C.I. The standard InChI is InChI=1S/C13H20FN3.HI/c1-5-15-13(17(3)4)16-9-11-6-7-12(14)10(2)8-11;/h6-8H,5,9H2,1-4H3,(H,15,16);1H. The molecule has 0 spiro atoms. The van der Waals surface area contributed by atoms with Crippen molar-refractivity contribution in [1.82, 2.24) is 10.2 Å². The lowest BCUT2D eigenvalue weighted by Gasteiger charge is -2.16. The highest BCUT2D eigenvalue weighted by Gasteiger charge is 2.01. The number of hydrogen-bond donors (Lipinski definition) is 1. The average Bonchev–Trinajstić information content (AvgIpc) is 2.28. The van der Waals surface area contributed by atoms with Crippen molar-refractivity contribution in [2.75, 3.05) is 20.6 Å². The molecule has 0 heterocycles. The predicted octanol–water partition coefficient (Wildman–Crippen LogP) is 2.78. The molecule has 1 rings (SSSR count). The number of aliphatic imine (C=N–C) groups is 1. The fraction of sp³-hybridized carbons (Fsp3) is 0.462. The smallest absolute Gasteiger partial charge is 0.193 e. The summed E-state index contributed by atoms with van der Waals surface area (Å²) in [6.45, 7) is 5.18. The maximum absolute atomic E-state index is 13.1. The lowest BCUT2D eigenvalue weighted by molar-refractivity contribution is 0.583. The number of guanidine groups is 1. The molecule has 0 unspecified atom stereocenters.